The summed E-state index contributed by atoms with van der Waals surface area (Å²) in [4.78, 5) is 15.7. The number of oxime groups is 1. The lowest BCUT2D eigenvalue weighted by atomic mass is 10.1. The van der Waals surface area contributed by atoms with E-state index >= 15 is 0 Å². The van der Waals surface area contributed by atoms with E-state index in [0.717, 1.165) is 22.4 Å². The van der Waals surface area contributed by atoms with Crippen LogP contribution in [0, 0.1) is 13.8 Å². The number of hydrogen-bond acceptors (Lipinski definition) is 5. The minimum Gasteiger partial charge on any atom is -0.490 e. The number of rotatable bonds is 8. The summed E-state index contributed by atoms with van der Waals surface area (Å²) >= 11 is 0. The predicted molar refractivity (Wildman–Crippen MR) is 98.5 cm³/mol. The van der Waals surface area contributed by atoms with Crippen molar-refractivity contribution in [3.63, 3.8) is 0 Å². The highest BCUT2D eigenvalue weighted by molar-refractivity contribution is 5.79. The van der Waals surface area contributed by atoms with Crippen molar-refractivity contribution in [1.29, 1.82) is 0 Å². The van der Waals surface area contributed by atoms with Crippen LogP contribution in [-0.2, 0) is 4.84 Å². The Morgan fingerprint density at radius 3 is 2.44 bits per heavy atom. The van der Waals surface area contributed by atoms with Crippen LogP contribution in [0.1, 0.15) is 23.6 Å². The third-order valence-corrected chi connectivity index (χ3v) is 3.40. The summed E-state index contributed by atoms with van der Waals surface area (Å²) in [7, 11) is 1.50. The van der Waals surface area contributed by atoms with Crippen molar-refractivity contribution >= 4 is 6.21 Å². The Morgan fingerprint density at radius 1 is 1.00 bits per heavy atom. The molecule has 5 heteroatoms. The molecule has 132 valence electrons. The van der Waals surface area contributed by atoms with Crippen LogP contribution in [0.15, 0.2) is 53.7 Å². The van der Waals surface area contributed by atoms with Gasteiger partial charge in [0.05, 0.1) is 6.21 Å². The second kappa shape index (κ2) is 9.37. The highest BCUT2D eigenvalue weighted by atomic mass is 17.2. The average Bonchev–Trinajstić information content (AvgIpc) is 2.60. The number of ether oxygens (including phenoxy) is 1. The first-order valence-corrected chi connectivity index (χ1v) is 8.00. The third kappa shape index (κ3) is 5.57. The molecule has 0 bridgehead atoms. The maximum Gasteiger partial charge on any atom is 0.184 e. The molecule has 0 saturated carbocycles. The van der Waals surface area contributed by atoms with Gasteiger partial charge in [0.1, 0.15) is 19.5 Å². The van der Waals surface area contributed by atoms with E-state index in [1.54, 1.807) is 6.21 Å². The Bertz CT molecular complexity index is 730. The van der Waals surface area contributed by atoms with E-state index in [1.165, 1.54) is 7.11 Å². The van der Waals surface area contributed by atoms with Crippen molar-refractivity contribution in [2.75, 3.05) is 13.7 Å². The van der Waals surface area contributed by atoms with Gasteiger partial charge in [0.2, 0.25) is 0 Å². The second-order valence-electron chi connectivity index (χ2n) is 5.42. The molecule has 0 aliphatic carbocycles. The van der Waals surface area contributed by atoms with Crippen LogP contribution in [0.5, 0.6) is 17.2 Å². The molecule has 5 nitrogen and oxygen atoms in total. The van der Waals surface area contributed by atoms with Crippen LogP contribution in [0.4, 0.5) is 0 Å². The molecule has 2 rings (SSSR count). The van der Waals surface area contributed by atoms with Gasteiger partial charge in [0.25, 0.3) is 0 Å². The lowest BCUT2D eigenvalue weighted by molar-refractivity contribution is -0.101. The summed E-state index contributed by atoms with van der Waals surface area (Å²) in [6, 6.07) is 11.2. The molecule has 0 N–H and O–H groups in total. The zero-order chi connectivity index (χ0) is 18.1. The summed E-state index contributed by atoms with van der Waals surface area (Å²) < 4.78 is 5.67. The molecule has 0 saturated heterocycles. The number of hydrogen-bond donors (Lipinski definition) is 0. The fraction of sp³-hybridized carbons (Fsp3) is 0.250. The monoisotopic (exact) mass is 341 g/mol. The highest BCUT2D eigenvalue weighted by Crippen LogP contribution is 2.29. The summed E-state index contributed by atoms with van der Waals surface area (Å²) in [5, 5.41) is 3.73. The van der Waals surface area contributed by atoms with Gasteiger partial charge in [-0.25, -0.2) is 0 Å². The summed E-state index contributed by atoms with van der Waals surface area (Å²) in [5.41, 5.74) is 2.73. The number of aryl methyl sites for hydroxylation is 2. The van der Waals surface area contributed by atoms with E-state index in [4.69, 9.17) is 14.5 Å². The van der Waals surface area contributed by atoms with Crippen molar-refractivity contribution < 1.29 is 19.3 Å². The summed E-state index contributed by atoms with van der Waals surface area (Å²) in [6.07, 6.45) is 5.51. The molecule has 0 spiro atoms. The van der Waals surface area contributed by atoms with Crippen LogP contribution < -0.4 is 14.5 Å². The van der Waals surface area contributed by atoms with E-state index in [9.17, 15) is 0 Å². The molecule has 0 aromatic heterocycles. The topological polar surface area (TPSA) is 49.3 Å². The Morgan fingerprint density at radius 2 is 1.76 bits per heavy atom. The van der Waals surface area contributed by atoms with Crippen molar-refractivity contribution in [2.45, 2.75) is 20.8 Å². The van der Waals surface area contributed by atoms with Gasteiger partial charge in [-0.3, -0.25) is 9.78 Å². The molecule has 0 radical (unpaired) electrons. The summed E-state index contributed by atoms with van der Waals surface area (Å²) in [5.74, 6) is 2.06. The van der Waals surface area contributed by atoms with Crippen LogP contribution in [0.3, 0.4) is 0 Å². The van der Waals surface area contributed by atoms with Crippen molar-refractivity contribution in [3.05, 3.63) is 65.2 Å². The fourth-order valence-electron chi connectivity index (χ4n) is 2.22. The number of nitrogens with zero attached hydrogens (tertiary/aromatic N) is 1. The maximum absolute atomic E-state index is 5.67. The molecule has 0 atom stereocenters. The SMILES string of the molecule is C/C=C/COc1cc(C)c(OOc2cccc(C=NOC)c2)c(C)c1. The Labute approximate surface area is 148 Å². The van der Waals surface area contributed by atoms with Gasteiger partial charge in [0, 0.05) is 11.1 Å². The Hall–Kier alpha value is -2.95. The largest absolute Gasteiger partial charge is 0.490 e. The van der Waals surface area contributed by atoms with Gasteiger partial charge >= 0.3 is 0 Å². The van der Waals surface area contributed by atoms with Gasteiger partial charge in [-0.2, -0.15) is 0 Å². The Balaban J connectivity index is 2.06. The van der Waals surface area contributed by atoms with E-state index < -0.39 is 0 Å². The van der Waals surface area contributed by atoms with Crippen molar-refractivity contribution in [1.82, 2.24) is 0 Å². The smallest absolute Gasteiger partial charge is 0.184 e. The van der Waals surface area contributed by atoms with Crippen molar-refractivity contribution in [3.8, 4) is 17.2 Å². The van der Waals surface area contributed by atoms with E-state index in [2.05, 4.69) is 9.99 Å². The molecule has 0 amide bonds. The van der Waals surface area contributed by atoms with Gasteiger partial charge in [-0.15, -0.1) is 0 Å². The molecule has 2 aromatic carbocycles. The molecule has 0 heterocycles. The fourth-order valence-corrected chi connectivity index (χ4v) is 2.22. The second-order valence-corrected chi connectivity index (χ2v) is 5.42. The molecule has 0 aliphatic rings. The quantitative estimate of drug-likeness (QED) is 0.304. The van der Waals surface area contributed by atoms with Crippen LogP contribution in [0.25, 0.3) is 0 Å². The normalized spacial score (nSPS) is 11.0. The zero-order valence-corrected chi connectivity index (χ0v) is 15.0. The minimum atomic E-state index is 0.544. The first-order chi connectivity index (χ1) is 12.1. The van der Waals surface area contributed by atoms with E-state index in [1.807, 2.05) is 69.3 Å². The molecule has 25 heavy (non-hydrogen) atoms. The predicted octanol–water partition coefficient (Wildman–Crippen LogP) is 4.61. The molecule has 0 unspecified atom stereocenters. The van der Waals surface area contributed by atoms with Gasteiger partial charge in [-0.05, 0) is 50.6 Å². The molecule has 0 fully saturated rings. The lowest BCUT2D eigenvalue weighted by Crippen LogP contribution is -2.04. The van der Waals surface area contributed by atoms with Crippen LogP contribution >= 0.6 is 0 Å². The van der Waals surface area contributed by atoms with Crippen LogP contribution in [0.2, 0.25) is 0 Å². The minimum absolute atomic E-state index is 0.544. The molecular weight excluding hydrogens is 318 g/mol. The van der Waals surface area contributed by atoms with Gasteiger partial charge in [-0.1, -0.05) is 29.4 Å². The van der Waals surface area contributed by atoms with Crippen LogP contribution in [-0.4, -0.2) is 19.9 Å². The van der Waals surface area contributed by atoms with Gasteiger partial charge in [0.15, 0.2) is 11.5 Å². The highest BCUT2D eigenvalue weighted by Gasteiger charge is 2.09. The summed E-state index contributed by atoms with van der Waals surface area (Å²) in [6.45, 7) is 6.41. The van der Waals surface area contributed by atoms with Crippen molar-refractivity contribution in [2.24, 2.45) is 5.16 Å². The van der Waals surface area contributed by atoms with Gasteiger partial charge < -0.3 is 9.57 Å². The lowest BCUT2D eigenvalue weighted by Gasteiger charge is -2.13. The number of allylic oxidation sites excluding steroid dienone is 1. The Kier molecular flexibility index (Phi) is 6.89. The number of benzene rings is 2. The third-order valence-electron chi connectivity index (χ3n) is 3.40. The standard InChI is InChI=1S/C20H23NO4/c1-5-6-10-23-19-11-15(2)20(16(3)12-19)25-24-18-9-7-8-17(13-18)14-21-22-4/h5-9,11-14H,10H2,1-4H3/b6-5+,21-14?. The molecule has 0 aliphatic heterocycles. The molecular formula is C20H23NO4. The first-order valence-electron chi connectivity index (χ1n) is 8.00. The first kappa shape index (κ1) is 18.4. The average molecular weight is 341 g/mol. The van der Waals surface area contributed by atoms with E-state index in [-0.39, 0.29) is 0 Å². The van der Waals surface area contributed by atoms with E-state index in [0.29, 0.717) is 18.1 Å². The molecule has 2 aromatic rings. The maximum atomic E-state index is 5.67. The zero-order valence-electron chi connectivity index (χ0n) is 15.0.